The van der Waals surface area contributed by atoms with Crippen molar-refractivity contribution in [3.63, 3.8) is 0 Å². The molecule has 0 spiro atoms. The van der Waals surface area contributed by atoms with Gasteiger partial charge in [-0.25, -0.2) is 9.48 Å². The van der Waals surface area contributed by atoms with Crippen molar-refractivity contribution < 1.29 is 9.15 Å². The van der Waals surface area contributed by atoms with E-state index in [1.54, 1.807) is 0 Å². The highest BCUT2D eigenvalue weighted by atomic mass is 32.1. The summed E-state index contributed by atoms with van der Waals surface area (Å²) in [6.45, 7) is 10.4. The molecular formula is C21H28N2O3SSi. The summed E-state index contributed by atoms with van der Waals surface area (Å²) in [5.74, 6) is 1.21. The Kier molecular flexibility index (Phi) is 5.33. The highest BCUT2D eigenvalue weighted by molar-refractivity contribution is 7.22. The van der Waals surface area contributed by atoms with Crippen molar-refractivity contribution >= 4 is 29.5 Å². The van der Waals surface area contributed by atoms with Gasteiger partial charge in [0.2, 0.25) is 0 Å². The van der Waals surface area contributed by atoms with Crippen LogP contribution in [0.2, 0.25) is 25.7 Å². The van der Waals surface area contributed by atoms with Crippen molar-refractivity contribution in [1.82, 2.24) is 9.78 Å². The van der Waals surface area contributed by atoms with Crippen LogP contribution in [-0.4, -0.2) is 24.5 Å². The maximum absolute atomic E-state index is 12.5. The van der Waals surface area contributed by atoms with Crippen molar-refractivity contribution in [2.24, 2.45) is 0 Å². The number of hydrogen-bond donors (Lipinski definition) is 0. The standard InChI is InChI=1S/C21H28N2O3SSi/c1-14-6-5-7-16-17-10-18(27-20(17)21(24)26-19(14)16)15-11-22-23(12-15)13-25-8-9-28(2,3)4/h10-12,14H,5-9,13H2,1-4H3. The van der Waals surface area contributed by atoms with Crippen molar-refractivity contribution in [2.45, 2.75) is 64.5 Å². The van der Waals surface area contributed by atoms with Crippen molar-refractivity contribution in [3.8, 4) is 10.4 Å². The largest absolute Gasteiger partial charge is 0.426 e. The first-order valence-corrected chi connectivity index (χ1v) is 14.5. The van der Waals surface area contributed by atoms with Gasteiger partial charge in [-0.3, -0.25) is 0 Å². The van der Waals surface area contributed by atoms with E-state index in [1.165, 1.54) is 16.9 Å². The molecule has 0 N–H and O–H groups in total. The predicted octanol–water partition coefficient (Wildman–Crippen LogP) is 5.47. The highest BCUT2D eigenvalue weighted by Gasteiger charge is 2.24. The van der Waals surface area contributed by atoms with Gasteiger partial charge in [0.05, 0.1) is 6.20 Å². The Labute approximate surface area is 170 Å². The third kappa shape index (κ3) is 4.02. The van der Waals surface area contributed by atoms with E-state index in [1.807, 2.05) is 17.1 Å². The minimum absolute atomic E-state index is 0.208. The van der Waals surface area contributed by atoms with E-state index < -0.39 is 8.07 Å². The lowest BCUT2D eigenvalue weighted by Crippen LogP contribution is -2.22. The molecule has 150 valence electrons. The summed E-state index contributed by atoms with van der Waals surface area (Å²) in [6.07, 6.45) is 7.07. The quantitative estimate of drug-likeness (QED) is 0.395. The van der Waals surface area contributed by atoms with Gasteiger partial charge in [0, 0.05) is 42.6 Å². The lowest BCUT2D eigenvalue weighted by molar-refractivity contribution is 0.0786. The third-order valence-corrected chi connectivity index (χ3v) is 8.26. The molecule has 4 rings (SSSR count). The molecule has 0 fully saturated rings. The summed E-state index contributed by atoms with van der Waals surface area (Å²) in [6, 6.07) is 3.29. The second kappa shape index (κ2) is 7.61. The molecule has 7 heteroatoms. The number of fused-ring (bicyclic) bond motifs is 3. The number of hydrogen-bond acceptors (Lipinski definition) is 5. The molecule has 28 heavy (non-hydrogen) atoms. The van der Waals surface area contributed by atoms with E-state index >= 15 is 0 Å². The molecule has 1 atom stereocenters. The van der Waals surface area contributed by atoms with Crippen LogP contribution in [0.3, 0.4) is 0 Å². The van der Waals surface area contributed by atoms with Crippen LogP contribution in [0.15, 0.2) is 27.7 Å². The van der Waals surface area contributed by atoms with Crippen molar-refractivity contribution in [1.29, 1.82) is 0 Å². The van der Waals surface area contributed by atoms with E-state index in [0.717, 1.165) is 58.2 Å². The SMILES string of the molecule is CC1CCCc2c1oc(=O)c1sc(-c3cnn(COCC[Si](C)(C)C)c3)cc21. The molecule has 1 unspecified atom stereocenters. The molecule has 0 aromatic carbocycles. The third-order valence-electron chi connectivity index (χ3n) is 5.39. The van der Waals surface area contributed by atoms with Crippen molar-refractivity contribution in [3.05, 3.63) is 40.2 Å². The molecule has 0 saturated heterocycles. The molecule has 0 amide bonds. The van der Waals surface area contributed by atoms with Crippen LogP contribution in [0.5, 0.6) is 0 Å². The lowest BCUT2D eigenvalue weighted by atomic mass is 9.87. The fourth-order valence-corrected chi connectivity index (χ4v) is 5.51. The van der Waals surface area contributed by atoms with Gasteiger partial charge in [-0.05, 0) is 36.9 Å². The molecule has 5 nitrogen and oxygen atoms in total. The van der Waals surface area contributed by atoms with Crippen LogP contribution in [0.25, 0.3) is 20.5 Å². The van der Waals surface area contributed by atoms with Gasteiger partial charge in [0.25, 0.3) is 0 Å². The number of ether oxygens (including phenoxy) is 1. The number of rotatable bonds is 6. The fourth-order valence-electron chi connectivity index (χ4n) is 3.72. The molecule has 0 radical (unpaired) electrons. The first-order chi connectivity index (χ1) is 13.3. The number of thiophene rings is 1. The van der Waals surface area contributed by atoms with Crippen LogP contribution >= 0.6 is 11.3 Å². The Morgan fingerprint density at radius 3 is 3.00 bits per heavy atom. The Balaban J connectivity index is 1.56. The maximum Gasteiger partial charge on any atom is 0.354 e. The fraction of sp³-hybridized carbons (Fsp3) is 0.524. The average Bonchev–Trinajstić information content (AvgIpc) is 3.26. The highest BCUT2D eigenvalue weighted by Crippen LogP contribution is 2.39. The van der Waals surface area contributed by atoms with Crippen LogP contribution in [0.1, 0.15) is 37.0 Å². The minimum Gasteiger partial charge on any atom is -0.426 e. The van der Waals surface area contributed by atoms with Gasteiger partial charge in [-0.15, -0.1) is 11.3 Å². The van der Waals surface area contributed by atoms with Crippen LogP contribution in [-0.2, 0) is 17.9 Å². The first kappa shape index (κ1) is 19.6. The molecule has 0 bridgehead atoms. The van der Waals surface area contributed by atoms with E-state index in [2.05, 4.69) is 37.7 Å². The van der Waals surface area contributed by atoms with E-state index in [-0.39, 0.29) is 5.63 Å². The second-order valence-corrected chi connectivity index (χ2v) is 15.7. The summed E-state index contributed by atoms with van der Waals surface area (Å²) in [5.41, 5.74) is 2.03. The summed E-state index contributed by atoms with van der Waals surface area (Å²) in [4.78, 5) is 13.6. The molecule has 3 aromatic rings. The smallest absolute Gasteiger partial charge is 0.354 e. The zero-order chi connectivity index (χ0) is 19.9. The molecule has 0 saturated carbocycles. The van der Waals surface area contributed by atoms with E-state index in [9.17, 15) is 4.79 Å². The molecule has 1 aliphatic carbocycles. The van der Waals surface area contributed by atoms with Gasteiger partial charge in [0.15, 0.2) is 0 Å². The van der Waals surface area contributed by atoms with Gasteiger partial charge in [-0.2, -0.15) is 5.10 Å². The summed E-state index contributed by atoms with van der Waals surface area (Å²) >= 11 is 1.50. The second-order valence-electron chi connectivity index (χ2n) is 9.00. The minimum atomic E-state index is -1.08. The predicted molar refractivity (Wildman–Crippen MR) is 117 cm³/mol. The Bertz CT molecular complexity index is 1040. The van der Waals surface area contributed by atoms with Gasteiger partial charge in [0.1, 0.15) is 17.2 Å². The normalized spacial score (nSPS) is 17.2. The molecule has 1 aliphatic rings. The van der Waals surface area contributed by atoms with E-state index in [4.69, 9.17) is 9.15 Å². The molecule has 0 aliphatic heterocycles. The van der Waals surface area contributed by atoms with Crippen molar-refractivity contribution in [2.75, 3.05) is 6.61 Å². The Morgan fingerprint density at radius 1 is 1.39 bits per heavy atom. The number of aromatic nitrogens is 2. The first-order valence-electron chi connectivity index (χ1n) is 10.0. The van der Waals surface area contributed by atoms with Gasteiger partial charge < -0.3 is 9.15 Å². The molecular weight excluding hydrogens is 388 g/mol. The van der Waals surface area contributed by atoms with Gasteiger partial charge in [-0.1, -0.05) is 26.6 Å². The van der Waals surface area contributed by atoms with Crippen LogP contribution in [0, 0.1) is 0 Å². The van der Waals surface area contributed by atoms with E-state index in [0.29, 0.717) is 12.6 Å². The van der Waals surface area contributed by atoms with Gasteiger partial charge >= 0.3 is 5.63 Å². The average molecular weight is 417 g/mol. The molecule has 3 aromatic heterocycles. The summed E-state index contributed by atoms with van der Waals surface area (Å²) in [5, 5.41) is 5.49. The Morgan fingerprint density at radius 2 is 2.21 bits per heavy atom. The zero-order valence-corrected chi connectivity index (χ0v) is 18.9. The summed E-state index contributed by atoms with van der Waals surface area (Å²) in [7, 11) is -1.08. The lowest BCUT2D eigenvalue weighted by Gasteiger charge is -2.20. The summed E-state index contributed by atoms with van der Waals surface area (Å²) < 4.78 is 14.0. The number of nitrogens with zero attached hydrogens (tertiary/aromatic N) is 2. The Hall–Kier alpha value is -1.70. The number of aryl methyl sites for hydroxylation is 1. The monoisotopic (exact) mass is 416 g/mol. The topological polar surface area (TPSA) is 57.3 Å². The van der Waals surface area contributed by atoms with Crippen LogP contribution < -0.4 is 5.63 Å². The van der Waals surface area contributed by atoms with Crippen LogP contribution in [0.4, 0.5) is 0 Å². The zero-order valence-electron chi connectivity index (χ0n) is 17.1. The molecule has 3 heterocycles. The maximum atomic E-state index is 12.5.